The van der Waals surface area contributed by atoms with Crippen molar-refractivity contribution in [2.24, 2.45) is 0 Å². The van der Waals surface area contributed by atoms with Crippen LogP contribution in [0.25, 0.3) is 10.9 Å². The molecule has 2 N–H and O–H groups in total. The van der Waals surface area contributed by atoms with Gasteiger partial charge in [0.15, 0.2) is 0 Å². The van der Waals surface area contributed by atoms with E-state index in [9.17, 15) is 9.59 Å². The van der Waals surface area contributed by atoms with Crippen LogP contribution in [0.5, 0.6) is 0 Å². The van der Waals surface area contributed by atoms with Crippen molar-refractivity contribution in [3.05, 3.63) is 66.1 Å². The molecule has 6 heteroatoms. The molecule has 0 aliphatic carbocycles. The van der Waals surface area contributed by atoms with Gasteiger partial charge in [-0.3, -0.25) is 9.78 Å². The summed E-state index contributed by atoms with van der Waals surface area (Å²) in [6.45, 7) is 0. The number of carboxylic acid groups (broad SMARTS) is 1. The summed E-state index contributed by atoms with van der Waals surface area (Å²) in [7, 11) is 0. The fraction of sp³-hybridized carbons (Fsp3) is 0. The third-order valence-corrected chi connectivity index (χ3v) is 3.11. The molecule has 0 radical (unpaired) electrons. The smallest absolute Gasteiger partial charge is 0.354 e. The minimum absolute atomic E-state index is 0.103. The van der Waals surface area contributed by atoms with Crippen LogP contribution in [0.1, 0.15) is 20.8 Å². The predicted octanol–water partition coefficient (Wildman–Crippen LogP) is 2.58. The highest BCUT2D eigenvalue weighted by molar-refractivity contribution is 6.05. The summed E-state index contributed by atoms with van der Waals surface area (Å²) < 4.78 is 0. The molecular formula is C16H11N3O3. The van der Waals surface area contributed by atoms with Crippen LogP contribution in [0, 0.1) is 0 Å². The SMILES string of the molecule is O=C(Nc1ccc2ncccc2c1)c1ccc(C(=O)O)nc1. The van der Waals surface area contributed by atoms with E-state index < -0.39 is 5.97 Å². The van der Waals surface area contributed by atoms with Gasteiger partial charge in [0.05, 0.1) is 11.1 Å². The molecule has 0 fully saturated rings. The summed E-state index contributed by atoms with van der Waals surface area (Å²) in [4.78, 5) is 30.8. The first-order valence-electron chi connectivity index (χ1n) is 6.49. The molecule has 0 atom stereocenters. The molecule has 2 heterocycles. The first kappa shape index (κ1) is 13.7. The van der Waals surface area contributed by atoms with Gasteiger partial charge in [-0.15, -0.1) is 0 Å². The van der Waals surface area contributed by atoms with Crippen molar-refractivity contribution >= 4 is 28.5 Å². The third kappa shape index (κ3) is 2.76. The fourth-order valence-electron chi connectivity index (χ4n) is 2.01. The van der Waals surface area contributed by atoms with Crippen molar-refractivity contribution in [2.75, 3.05) is 5.32 Å². The highest BCUT2D eigenvalue weighted by Gasteiger charge is 2.09. The number of nitrogens with zero attached hydrogens (tertiary/aromatic N) is 2. The Kier molecular flexibility index (Phi) is 3.49. The number of carboxylic acids is 1. The van der Waals surface area contributed by atoms with Gasteiger partial charge in [0, 0.05) is 23.5 Å². The van der Waals surface area contributed by atoms with Crippen molar-refractivity contribution in [1.82, 2.24) is 9.97 Å². The molecule has 0 spiro atoms. The maximum absolute atomic E-state index is 12.1. The third-order valence-electron chi connectivity index (χ3n) is 3.11. The minimum atomic E-state index is -1.13. The van der Waals surface area contributed by atoms with E-state index >= 15 is 0 Å². The molecular weight excluding hydrogens is 282 g/mol. The maximum atomic E-state index is 12.1. The number of hydrogen-bond donors (Lipinski definition) is 2. The molecule has 3 aromatic rings. The van der Waals surface area contributed by atoms with Gasteiger partial charge < -0.3 is 10.4 Å². The number of aromatic carboxylic acids is 1. The monoisotopic (exact) mass is 293 g/mol. The number of aromatic nitrogens is 2. The number of fused-ring (bicyclic) bond motifs is 1. The summed E-state index contributed by atoms with van der Waals surface area (Å²) in [5.74, 6) is -1.48. The van der Waals surface area contributed by atoms with Gasteiger partial charge in [-0.1, -0.05) is 6.07 Å². The number of hydrogen-bond acceptors (Lipinski definition) is 4. The molecule has 0 aliphatic rings. The van der Waals surface area contributed by atoms with Crippen molar-refractivity contribution in [3.63, 3.8) is 0 Å². The quantitative estimate of drug-likeness (QED) is 0.774. The highest BCUT2D eigenvalue weighted by atomic mass is 16.4. The molecule has 22 heavy (non-hydrogen) atoms. The average molecular weight is 293 g/mol. The first-order chi connectivity index (χ1) is 10.6. The molecule has 2 aromatic heterocycles. The largest absolute Gasteiger partial charge is 0.477 e. The van der Waals surface area contributed by atoms with E-state index in [1.165, 1.54) is 18.3 Å². The van der Waals surface area contributed by atoms with Crippen molar-refractivity contribution < 1.29 is 14.7 Å². The Labute approximate surface area is 125 Å². The Hall–Kier alpha value is -3.28. The van der Waals surface area contributed by atoms with E-state index in [2.05, 4.69) is 15.3 Å². The Morgan fingerprint density at radius 1 is 1.05 bits per heavy atom. The maximum Gasteiger partial charge on any atom is 0.354 e. The number of pyridine rings is 2. The summed E-state index contributed by atoms with van der Waals surface area (Å²) in [5, 5.41) is 12.4. The molecule has 108 valence electrons. The standard InChI is InChI=1S/C16H11N3O3/c20-15(11-3-5-14(16(21)22)18-9-11)19-12-4-6-13-10(8-12)2-1-7-17-13/h1-9H,(H,19,20)(H,21,22). The van der Waals surface area contributed by atoms with E-state index in [0.29, 0.717) is 5.69 Å². The van der Waals surface area contributed by atoms with Gasteiger partial charge in [-0.2, -0.15) is 0 Å². The first-order valence-corrected chi connectivity index (χ1v) is 6.49. The number of nitrogens with one attached hydrogen (secondary N) is 1. The zero-order valence-electron chi connectivity index (χ0n) is 11.4. The van der Waals surface area contributed by atoms with Crippen LogP contribution in [-0.2, 0) is 0 Å². The van der Waals surface area contributed by atoms with Gasteiger partial charge >= 0.3 is 5.97 Å². The van der Waals surface area contributed by atoms with Crippen LogP contribution in [0.2, 0.25) is 0 Å². The van der Waals surface area contributed by atoms with Gasteiger partial charge in [-0.05, 0) is 36.4 Å². The fourth-order valence-corrected chi connectivity index (χ4v) is 2.01. The molecule has 0 bridgehead atoms. The number of carbonyl (C=O) groups is 2. The molecule has 1 amide bonds. The number of anilines is 1. The predicted molar refractivity (Wildman–Crippen MR) is 80.9 cm³/mol. The van der Waals surface area contributed by atoms with E-state index in [1.54, 1.807) is 12.3 Å². The van der Waals surface area contributed by atoms with Crippen LogP contribution in [0.15, 0.2) is 54.9 Å². The lowest BCUT2D eigenvalue weighted by Crippen LogP contribution is -2.13. The van der Waals surface area contributed by atoms with Crippen LogP contribution in [-0.4, -0.2) is 27.0 Å². The topological polar surface area (TPSA) is 92.2 Å². The van der Waals surface area contributed by atoms with Crippen LogP contribution >= 0.6 is 0 Å². The Morgan fingerprint density at radius 3 is 2.64 bits per heavy atom. The second-order valence-corrected chi connectivity index (χ2v) is 4.60. The molecule has 0 saturated heterocycles. The molecule has 6 nitrogen and oxygen atoms in total. The molecule has 0 unspecified atom stereocenters. The Bertz CT molecular complexity index is 860. The number of benzene rings is 1. The average Bonchev–Trinajstić information content (AvgIpc) is 2.55. The zero-order valence-corrected chi connectivity index (χ0v) is 11.4. The molecule has 3 rings (SSSR count). The normalized spacial score (nSPS) is 10.4. The van der Waals surface area contributed by atoms with Crippen molar-refractivity contribution in [2.45, 2.75) is 0 Å². The number of carbonyl (C=O) groups excluding carboxylic acids is 1. The van der Waals surface area contributed by atoms with Gasteiger partial charge in [-0.25, -0.2) is 9.78 Å². The Balaban J connectivity index is 1.81. The van der Waals surface area contributed by atoms with E-state index in [0.717, 1.165) is 10.9 Å². The van der Waals surface area contributed by atoms with Crippen molar-refractivity contribution in [1.29, 1.82) is 0 Å². The van der Waals surface area contributed by atoms with E-state index in [-0.39, 0.29) is 17.2 Å². The van der Waals surface area contributed by atoms with Crippen LogP contribution in [0.4, 0.5) is 5.69 Å². The highest BCUT2D eigenvalue weighted by Crippen LogP contribution is 2.17. The van der Waals surface area contributed by atoms with Crippen LogP contribution < -0.4 is 5.32 Å². The zero-order chi connectivity index (χ0) is 15.5. The lowest BCUT2D eigenvalue weighted by atomic mass is 10.2. The van der Waals surface area contributed by atoms with E-state index in [4.69, 9.17) is 5.11 Å². The van der Waals surface area contributed by atoms with Gasteiger partial charge in [0.25, 0.3) is 5.91 Å². The summed E-state index contributed by atoms with van der Waals surface area (Å²) in [6, 6.07) is 11.8. The lowest BCUT2D eigenvalue weighted by Gasteiger charge is -2.06. The molecule has 1 aromatic carbocycles. The summed E-state index contributed by atoms with van der Waals surface area (Å²) in [5.41, 5.74) is 1.66. The van der Waals surface area contributed by atoms with Gasteiger partial charge in [0.2, 0.25) is 0 Å². The molecule has 0 aliphatic heterocycles. The lowest BCUT2D eigenvalue weighted by molar-refractivity contribution is 0.0690. The van der Waals surface area contributed by atoms with Crippen LogP contribution in [0.3, 0.4) is 0 Å². The summed E-state index contributed by atoms with van der Waals surface area (Å²) >= 11 is 0. The second-order valence-electron chi connectivity index (χ2n) is 4.60. The molecule has 0 saturated carbocycles. The second kappa shape index (κ2) is 5.61. The Morgan fingerprint density at radius 2 is 1.91 bits per heavy atom. The van der Waals surface area contributed by atoms with Crippen molar-refractivity contribution in [3.8, 4) is 0 Å². The van der Waals surface area contributed by atoms with Gasteiger partial charge in [0.1, 0.15) is 5.69 Å². The number of amides is 1. The van der Waals surface area contributed by atoms with E-state index in [1.807, 2.05) is 24.3 Å². The summed E-state index contributed by atoms with van der Waals surface area (Å²) in [6.07, 6.45) is 2.94. The minimum Gasteiger partial charge on any atom is -0.477 e. The number of rotatable bonds is 3.